The van der Waals surface area contributed by atoms with Crippen LogP contribution in [0, 0.1) is 0 Å². The molecule has 0 saturated heterocycles. The highest BCUT2D eigenvalue weighted by atomic mass is 35.5. The summed E-state index contributed by atoms with van der Waals surface area (Å²) in [6.45, 7) is 0.581. The molecule has 0 spiro atoms. The van der Waals surface area contributed by atoms with Crippen LogP contribution in [-0.4, -0.2) is 15.7 Å². The molecule has 2 heterocycles. The second-order valence-corrected chi connectivity index (χ2v) is 4.92. The van der Waals surface area contributed by atoms with Gasteiger partial charge in [-0.3, -0.25) is 9.48 Å². The van der Waals surface area contributed by atoms with Gasteiger partial charge < -0.3 is 9.73 Å². The summed E-state index contributed by atoms with van der Waals surface area (Å²) in [5, 5.41) is 7.61. The highest BCUT2D eigenvalue weighted by Crippen LogP contribution is 2.13. The first-order valence-corrected chi connectivity index (χ1v) is 6.70. The quantitative estimate of drug-likeness (QED) is 0.803. The monoisotopic (exact) mass is 301 g/mol. The third-order valence-corrected chi connectivity index (χ3v) is 3.10. The number of amides is 1. The topological polar surface area (TPSA) is 60.1 Å². The molecule has 1 amide bonds. The molecule has 0 aliphatic heterocycles. The van der Waals surface area contributed by atoms with Crippen LogP contribution in [0.25, 0.3) is 0 Å². The average Bonchev–Trinajstić information content (AvgIpc) is 3.10. The Labute approximate surface area is 126 Å². The maximum atomic E-state index is 11.8. The van der Waals surface area contributed by atoms with Crippen molar-refractivity contribution in [2.45, 2.75) is 6.54 Å². The molecule has 0 radical (unpaired) electrons. The lowest BCUT2D eigenvalue weighted by atomic mass is 10.2. The van der Waals surface area contributed by atoms with Gasteiger partial charge in [0.1, 0.15) is 0 Å². The molecule has 1 aromatic carbocycles. The third kappa shape index (κ3) is 3.32. The van der Waals surface area contributed by atoms with Gasteiger partial charge in [-0.05, 0) is 29.8 Å². The molecule has 1 N–H and O–H groups in total. The highest BCUT2D eigenvalue weighted by Gasteiger charge is 2.09. The van der Waals surface area contributed by atoms with Crippen molar-refractivity contribution in [3.05, 3.63) is 71.4 Å². The van der Waals surface area contributed by atoms with Crippen molar-refractivity contribution in [1.29, 1.82) is 0 Å². The Kier molecular flexibility index (Phi) is 3.75. The van der Waals surface area contributed by atoms with E-state index < -0.39 is 0 Å². The van der Waals surface area contributed by atoms with Crippen molar-refractivity contribution >= 4 is 23.2 Å². The standard InChI is InChI=1S/C15H12ClN3O2/c16-12-4-1-3-11(7-12)9-19-10-13(8-17-19)18-15(20)14-5-2-6-21-14/h1-8,10H,9H2,(H,18,20). The van der Waals surface area contributed by atoms with Crippen LogP contribution in [0.4, 0.5) is 5.69 Å². The predicted molar refractivity (Wildman–Crippen MR) is 79.4 cm³/mol. The summed E-state index contributed by atoms with van der Waals surface area (Å²) in [6.07, 6.45) is 4.80. The number of nitrogens with zero attached hydrogens (tertiary/aromatic N) is 2. The summed E-state index contributed by atoms with van der Waals surface area (Å²) in [7, 11) is 0. The molecule has 0 fully saturated rings. The number of carbonyl (C=O) groups excluding carboxylic acids is 1. The molecular weight excluding hydrogens is 290 g/mol. The van der Waals surface area contributed by atoms with Gasteiger partial charge in [-0.1, -0.05) is 23.7 Å². The van der Waals surface area contributed by atoms with E-state index >= 15 is 0 Å². The lowest BCUT2D eigenvalue weighted by Crippen LogP contribution is -2.10. The number of hydrogen-bond acceptors (Lipinski definition) is 3. The largest absolute Gasteiger partial charge is 0.459 e. The molecule has 106 valence electrons. The van der Waals surface area contributed by atoms with Gasteiger partial charge in [-0.2, -0.15) is 5.10 Å². The average molecular weight is 302 g/mol. The van der Waals surface area contributed by atoms with E-state index in [4.69, 9.17) is 16.0 Å². The smallest absolute Gasteiger partial charge is 0.291 e. The van der Waals surface area contributed by atoms with Crippen LogP contribution in [0.5, 0.6) is 0 Å². The number of halogens is 1. The second kappa shape index (κ2) is 5.85. The Morgan fingerprint density at radius 3 is 3.00 bits per heavy atom. The number of anilines is 1. The summed E-state index contributed by atoms with van der Waals surface area (Å²) in [5.41, 5.74) is 1.65. The maximum absolute atomic E-state index is 11.8. The number of hydrogen-bond donors (Lipinski definition) is 1. The fraction of sp³-hybridized carbons (Fsp3) is 0.0667. The minimum absolute atomic E-state index is 0.262. The third-order valence-electron chi connectivity index (χ3n) is 2.87. The number of furan rings is 1. The van der Waals surface area contributed by atoms with E-state index in [1.165, 1.54) is 6.26 Å². The lowest BCUT2D eigenvalue weighted by molar-refractivity contribution is 0.0996. The van der Waals surface area contributed by atoms with Gasteiger partial charge in [-0.25, -0.2) is 0 Å². The van der Waals surface area contributed by atoms with Crippen LogP contribution < -0.4 is 5.32 Å². The molecule has 0 aliphatic rings. The summed E-state index contributed by atoms with van der Waals surface area (Å²) in [6, 6.07) is 10.8. The zero-order valence-corrected chi connectivity index (χ0v) is 11.7. The van der Waals surface area contributed by atoms with E-state index in [0.29, 0.717) is 17.3 Å². The van der Waals surface area contributed by atoms with Gasteiger partial charge in [0.15, 0.2) is 5.76 Å². The molecule has 2 aromatic heterocycles. The van der Waals surface area contributed by atoms with E-state index in [-0.39, 0.29) is 11.7 Å². The first kappa shape index (κ1) is 13.5. The predicted octanol–water partition coefficient (Wildman–Crippen LogP) is 3.43. The first-order chi connectivity index (χ1) is 10.2. The fourth-order valence-corrected chi connectivity index (χ4v) is 2.15. The molecule has 0 atom stereocenters. The highest BCUT2D eigenvalue weighted by molar-refractivity contribution is 6.30. The lowest BCUT2D eigenvalue weighted by Gasteiger charge is -2.02. The Hall–Kier alpha value is -2.53. The van der Waals surface area contributed by atoms with Crippen molar-refractivity contribution in [2.75, 3.05) is 5.32 Å². The van der Waals surface area contributed by atoms with E-state index in [1.807, 2.05) is 24.3 Å². The molecule has 0 bridgehead atoms. The number of aromatic nitrogens is 2. The van der Waals surface area contributed by atoms with Gasteiger partial charge in [0.25, 0.3) is 5.91 Å². The molecule has 5 nitrogen and oxygen atoms in total. The zero-order valence-electron chi connectivity index (χ0n) is 11.0. The van der Waals surface area contributed by atoms with Crippen LogP contribution in [0.15, 0.2) is 59.5 Å². The van der Waals surface area contributed by atoms with Crippen molar-refractivity contribution in [1.82, 2.24) is 9.78 Å². The van der Waals surface area contributed by atoms with Gasteiger partial charge >= 0.3 is 0 Å². The molecule has 3 aromatic rings. The van der Waals surface area contributed by atoms with Gasteiger partial charge in [-0.15, -0.1) is 0 Å². The second-order valence-electron chi connectivity index (χ2n) is 4.49. The fourth-order valence-electron chi connectivity index (χ4n) is 1.94. The Balaban J connectivity index is 1.68. The van der Waals surface area contributed by atoms with E-state index in [0.717, 1.165) is 5.56 Å². The van der Waals surface area contributed by atoms with Gasteiger partial charge in [0, 0.05) is 11.2 Å². The van der Waals surface area contributed by atoms with Crippen LogP contribution in [0.1, 0.15) is 16.1 Å². The maximum Gasteiger partial charge on any atom is 0.291 e. The molecular formula is C15H12ClN3O2. The molecule has 6 heteroatoms. The SMILES string of the molecule is O=C(Nc1cnn(Cc2cccc(Cl)c2)c1)c1ccco1. The summed E-state index contributed by atoms with van der Waals surface area (Å²) >= 11 is 5.95. The van der Waals surface area contributed by atoms with E-state index in [9.17, 15) is 4.79 Å². The van der Waals surface area contributed by atoms with Crippen molar-refractivity contribution in [3.63, 3.8) is 0 Å². The summed E-state index contributed by atoms with van der Waals surface area (Å²) in [4.78, 5) is 11.8. The number of carbonyl (C=O) groups is 1. The summed E-state index contributed by atoms with van der Waals surface area (Å²) in [5.74, 6) is -0.0418. The van der Waals surface area contributed by atoms with E-state index in [1.54, 1.807) is 29.2 Å². The Bertz CT molecular complexity index is 750. The van der Waals surface area contributed by atoms with Crippen LogP contribution >= 0.6 is 11.6 Å². The van der Waals surface area contributed by atoms with Crippen LogP contribution in [0.3, 0.4) is 0 Å². The minimum atomic E-state index is -0.303. The van der Waals surface area contributed by atoms with Crippen molar-refractivity contribution in [2.24, 2.45) is 0 Å². The number of rotatable bonds is 4. The van der Waals surface area contributed by atoms with Crippen molar-refractivity contribution in [3.8, 4) is 0 Å². The van der Waals surface area contributed by atoms with Gasteiger partial charge in [0.2, 0.25) is 0 Å². The number of nitrogens with one attached hydrogen (secondary N) is 1. The molecule has 21 heavy (non-hydrogen) atoms. The van der Waals surface area contributed by atoms with Gasteiger partial charge in [0.05, 0.1) is 24.7 Å². The van der Waals surface area contributed by atoms with Crippen LogP contribution in [0.2, 0.25) is 5.02 Å². The molecule has 0 aliphatic carbocycles. The molecule has 0 saturated carbocycles. The molecule has 3 rings (SSSR count). The normalized spacial score (nSPS) is 10.5. The summed E-state index contributed by atoms with van der Waals surface area (Å²) < 4.78 is 6.75. The van der Waals surface area contributed by atoms with Crippen molar-refractivity contribution < 1.29 is 9.21 Å². The molecule has 0 unspecified atom stereocenters. The Morgan fingerprint density at radius 2 is 2.24 bits per heavy atom. The van der Waals surface area contributed by atoms with E-state index in [2.05, 4.69) is 10.4 Å². The Morgan fingerprint density at radius 1 is 1.33 bits per heavy atom. The minimum Gasteiger partial charge on any atom is -0.459 e. The van der Waals surface area contributed by atoms with Crippen LogP contribution in [-0.2, 0) is 6.54 Å². The number of benzene rings is 1. The first-order valence-electron chi connectivity index (χ1n) is 6.32. The zero-order chi connectivity index (χ0) is 14.7.